The van der Waals surface area contributed by atoms with Gasteiger partial charge in [-0.15, -0.1) is 0 Å². The number of ether oxygens (including phenoxy) is 2. The molecule has 0 radical (unpaired) electrons. The van der Waals surface area contributed by atoms with Crippen LogP contribution in [0.3, 0.4) is 0 Å². The topological polar surface area (TPSA) is 77.1 Å². The van der Waals surface area contributed by atoms with Crippen molar-refractivity contribution in [2.24, 2.45) is 0 Å². The van der Waals surface area contributed by atoms with Crippen molar-refractivity contribution in [3.8, 4) is 6.01 Å². The lowest BCUT2D eigenvalue weighted by Gasteiger charge is -2.01. The maximum absolute atomic E-state index is 11.2. The number of nitrogens with zero attached hydrogens (tertiary/aromatic N) is 2. The summed E-state index contributed by atoms with van der Waals surface area (Å²) < 4.78 is 9.56. The Bertz CT molecular complexity index is 751. The third kappa shape index (κ3) is 2.08. The predicted molar refractivity (Wildman–Crippen MR) is 69.0 cm³/mol. The summed E-state index contributed by atoms with van der Waals surface area (Å²) >= 11 is 0. The molecular formula is C13H11N3O3. The number of benzene rings is 1. The van der Waals surface area contributed by atoms with Gasteiger partial charge in [-0.1, -0.05) is 18.2 Å². The van der Waals surface area contributed by atoms with Crippen LogP contribution < -0.4 is 4.74 Å². The molecule has 2 heterocycles. The van der Waals surface area contributed by atoms with Crippen molar-refractivity contribution in [3.05, 3.63) is 30.5 Å². The summed E-state index contributed by atoms with van der Waals surface area (Å²) in [4.78, 5) is 22.6. The zero-order chi connectivity index (χ0) is 13.2. The van der Waals surface area contributed by atoms with Gasteiger partial charge in [-0.3, -0.25) is 0 Å². The van der Waals surface area contributed by atoms with Crippen LogP contribution in [0.1, 0.15) is 6.92 Å². The minimum atomic E-state index is -0.804. The maximum atomic E-state index is 11.2. The van der Waals surface area contributed by atoms with Crippen LogP contribution in [0.5, 0.6) is 6.01 Å². The second-order valence-electron chi connectivity index (χ2n) is 3.87. The van der Waals surface area contributed by atoms with Gasteiger partial charge in [-0.2, -0.15) is 4.98 Å². The second-order valence-corrected chi connectivity index (χ2v) is 3.87. The number of hydrogen-bond acceptors (Lipinski definition) is 5. The molecular weight excluding hydrogens is 246 g/mol. The molecule has 0 spiro atoms. The standard InChI is InChI=1S/C13H11N3O3/c1-2-18-13(17)19-12-14-7-10-11(16-12)8-5-3-4-6-9(8)15-10/h3-7,15H,2H2,1H3. The van der Waals surface area contributed by atoms with Crippen molar-refractivity contribution < 1.29 is 14.3 Å². The van der Waals surface area contributed by atoms with Gasteiger partial charge < -0.3 is 14.5 Å². The zero-order valence-corrected chi connectivity index (χ0v) is 10.2. The highest BCUT2D eigenvalue weighted by atomic mass is 16.7. The summed E-state index contributed by atoms with van der Waals surface area (Å²) in [5, 5.41) is 0.952. The van der Waals surface area contributed by atoms with Crippen molar-refractivity contribution in [1.82, 2.24) is 15.0 Å². The molecule has 19 heavy (non-hydrogen) atoms. The molecule has 1 aromatic carbocycles. The summed E-state index contributed by atoms with van der Waals surface area (Å²) in [5.41, 5.74) is 2.46. The Morgan fingerprint density at radius 3 is 3.00 bits per heavy atom. The second kappa shape index (κ2) is 4.56. The van der Waals surface area contributed by atoms with E-state index < -0.39 is 6.16 Å². The number of aromatic amines is 1. The summed E-state index contributed by atoms with van der Waals surface area (Å²) in [6.07, 6.45) is 0.776. The molecule has 0 unspecified atom stereocenters. The highest BCUT2D eigenvalue weighted by Crippen LogP contribution is 2.24. The average molecular weight is 257 g/mol. The van der Waals surface area contributed by atoms with E-state index in [0.717, 1.165) is 16.4 Å². The van der Waals surface area contributed by atoms with Crippen LogP contribution >= 0.6 is 0 Å². The van der Waals surface area contributed by atoms with Crippen LogP contribution in [-0.4, -0.2) is 27.7 Å². The molecule has 0 aliphatic rings. The Hall–Kier alpha value is -2.63. The smallest absolute Gasteiger partial charge is 0.434 e. The highest BCUT2D eigenvalue weighted by Gasteiger charge is 2.11. The van der Waals surface area contributed by atoms with Crippen LogP contribution in [0.25, 0.3) is 21.9 Å². The first kappa shape index (κ1) is 11.5. The van der Waals surface area contributed by atoms with E-state index in [1.165, 1.54) is 0 Å². The molecule has 0 aliphatic heterocycles. The molecule has 0 fully saturated rings. The third-order valence-electron chi connectivity index (χ3n) is 2.65. The van der Waals surface area contributed by atoms with E-state index in [1.807, 2.05) is 24.3 Å². The first-order valence-electron chi connectivity index (χ1n) is 5.86. The largest absolute Gasteiger partial charge is 0.516 e. The number of hydrogen-bond donors (Lipinski definition) is 1. The minimum Gasteiger partial charge on any atom is -0.434 e. The third-order valence-corrected chi connectivity index (χ3v) is 2.65. The molecule has 6 heteroatoms. The first-order chi connectivity index (χ1) is 9.28. The first-order valence-corrected chi connectivity index (χ1v) is 5.86. The monoisotopic (exact) mass is 257 g/mol. The van der Waals surface area contributed by atoms with E-state index in [4.69, 9.17) is 4.74 Å². The van der Waals surface area contributed by atoms with Gasteiger partial charge in [0.2, 0.25) is 0 Å². The maximum Gasteiger partial charge on any atom is 0.516 e. The molecule has 0 atom stereocenters. The zero-order valence-electron chi connectivity index (χ0n) is 10.2. The highest BCUT2D eigenvalue weighted by molar-refractivity contribution is 6.04. The van der Waals surface area contributed by atoms with Crippen molar-refractivity contribution in [2.75, 3.05) is 6.61 Å². The predicted octanol–water partition coefficient (Wildman–Crippen LogP) is 2.65. The molecule has 3 aromatic rings. The molecule has 3 rings (SSSR count). The lowest BCUT2D eigenvalue weighted by Crippen LogP contribution is -2.11. The van der Waals surface area contributed by atoms with Gasteiger partial charge in [0.1, 0.15) is 5.52 Å². The number of fused-ring (bicyclic) bond motifs is 3. The van der Waals surface area contributed by atoms with E-state index in [2.05, 4.69) is 19.7 Å². The van der Waals surface area contributed by atoms with E-state index in [1.54, 1.807) is 13.1 Å². The number of aromatic nitrogens is 3. The summed E-state index contributed by atoms with van der Waals surface area (Å²) in [6, 6.07) is 7.72. The molecule has 0 saturated carbocycles. The van der Waals surface area contributed by atoms with E-state index in [-0.39, 0.29) is 12.6 Å². The Labute approximate surface area is 108 Å². The fourth-order valence-corrected chi connectivity index (χ4v) is 1.88. The minimum absolute atomic E-state index is 0.0179. The van der Waals surface area contributed by atoms with Gasteiger partial charge in [-0.05, 0) is 13.0 Å². The van der Waals surface area contributed by atoms with Crippen molar-refractivity contribution in [1.29, 1.82) is 0 Å². The van der Waals surface area contributed by atoms with Crippen LogP contribution in [0.15, 0.2) is 30.5 Å². The number of carbonyl (C=O) groups is 1. The van der Waals surface area contributed by atoms with Gasteiger partial charge >= 0.3 is 12.2 Å². The van der Waals surface area contributed by atoms with Gasteiger partial charge in [0.25, 0.3) is 0 Å². The van der Waals surface area contributed by atoms with Crippen LogP contribution in [-0.2, 0) is 4.74 Å². The summed E-state index contributed by atoms with van der Waals surface area (Å²) in [5.74, 6) is 0. The van der Waals surface area contributed by atoms with Crippen molar-refractivity contribution in [2.45, 2.75) is 6.92 Å². The van der Waals surface area contributed by atoms with Crippen molar-refractivity contribution in [3.63, 3.8) is 0 Å². The van der Waals surface area contributed by atoms with Gasteiger partial charge in [-0.25, -0.2) is 9.78 Å². The van der Waals surface area contributed by atoms with Crippen LogP contribution in [0.4, 0.5) is 4.79 Å². The fraction of sp³-hybridized carbons (Fsp3) is 0.154. The molecule has 96 valence electrons. The molecule has 2 aromatic heterocycles. The Kier molecular flexibility index (Phi) is 2.75. The fourth-order valence-electron chi connectivity index (χ4n) is 1.88. The van der Waals surface area contributed by atoms with E-state index >= 15 is 0 Å². The summed E-state index contributed by atoms with van der Waals surface area (Å²) in [7, 11) is 0. The lowest BCUT2D eigenvalue weighted by molar-refractivity contribution is 0.101. The molecule has 0 bridgehead atoms. The van der Waals surface area contributed by atoms with Gasteiger partial charge in [0, 0.05) is 10.9 Å². The van der Waals surface area contributed by atoms with Crippen LogP contribution in [0, 0.1) is 0 Å². The Morgan fingerprint density at radius 1 is 1.32 bits per heavy atom. The number of para-hydroxylation sites is 1. The quantitative estimate of drug-likeness (QED) is 0.714. The molecule has 0 amide bonds. The molecule has 6 nitrogen and oxygen atoms in total. The number of nitrogens with one attached hydrogen (secondary N) is 1. The molecule has 1 N–H and O–H groups in total. The average Bonchev–Trinajstić information content (AvgIpc) is 2.77. The number of rotatable bonds is 2. The van der Waals surface area contributed by atoms with Gasteiger partial charge in [0.05, 0.1) is 18.3 Å². The van der Waals surface area contributed by atoms with Crippen molar-refractivity contribution >= 4 is 28.1 Å². The Morgan fingerprint density at radius 2 is 2.16 bits per heavy atom. The van der Waals surface area contributed by atoms with E-state index in [0.29, 0.717) is 5.52 Å². The van der Waals surface area contributed by atoms with Crippen LogP contribution in [0.2, 0.25) is 0 Å². The lowest BCUT2D eigenvalue weighted by atomic mass is 10.2. The Balaban J connectivity index is 2.04. The number of carbonyl (C=O) groups excluding carboxylic acids is 1. The SMILES string of the molecule is CCOC(=O)Oc1ncc2[nH]c3ccccc3c2n1. The normalized spacial score (nSPS) is 10.8. The van der Waals surface area contributed by atoms with Gasteiger partial charge in [0.15, 0.2) is 0 Å². The van der Waals surface area contributed by atoms with E-state index in [9.17, 15) is 4.79 Å². The summed E-state index contributed by atoms with van der Waals surface area (Å²) in [6.45, 7) is 1.94. The molecule has 0 aliphatic carbocycles. The molecule has 0 saturated heterocycles. The number of H-pyrrole nitrogens is 1.